The maximum atomic E-state index is 13.7. The number of nitrogens with zero attached hydrogens (tertiary/aromatic N) is 4. The fraction of sp³-hybridized carbons (Fsp3) is 0.200. The molecule has 154 valence electrons. The van der Waals surface area contributed by atoms with Gasteiger partial charge in [-0.05, 0) is 31.2 Å². The fourth-order valence-electron chi connectivity index (χ4n) is 2.54. The van der Waals surface area contributed by atoms with Gasteiger partial charge in [-0.3, -0.25) is 0 Å². The number of halogens is 1. The average Bonchev–Trinajstić information content (AvgIpc) is 3.44. The van der Waals surface area contributed by atoms with Gasteiger partial charge in [0, 0.05) is 5.56 Å². The van der Waals surface area contributed by atoms with Crippen LogP contribution in [0.15, 0.2) is 62.7 Å². The molecule has 0 aliphatic heterocycles. The van der Waals surface area contributed by atoms with Crippen LogP contribution in [0.4, 0.5) is 4.39 Å². The summed E-state index contributed by atoms with van der Waals surface area (Å²) in [5.41, 5.74) is 0.786. The van der Waals surface area contributed by atoms with E-state index in [9.17, 15) is 4.39 Å². The molecule has 2 aromatic heterocycles. The van der Waals surface area contributed by atoms with Gasteiger partial charge in [0.25, 0.3) is 11.1 Å². The van der Waals surface area contributed by atoms with Crippen LogP contribution in [0.1, 0.15) is 24.8 Å². The molecule has 1 atom stereocenters. The second-order valence-corrected chi connectivity index (χ2v) is 7.06. The summed E-state index contributed by atoms with van der Waals surface area (Å²) in [6, 6.07) is 13.5. The Bertz CT molecular complexity index is 1130. The van der Waals surface area contributed by atoms with Crippen LogP contribution in [0.3, 0.4) is 0 Å². The fourth-order valence-corrected chi connectivity index (χ4v) is 3.15. The number of ether oxygens (including phenoxy) is 2. The van der Waals surface area contributed by atoms with Crippen LogP contribution in [-0.4, -0.2) is 27.4 Å². The lowest BCUT2D eigenvalue weighted by atomic mass is 10.2. The van der Waals surface area contributed by atoms with Crippen molar-refractivity contribution in [1.29, 1.82) is 0 Å². The first-order valence-electron chi connectivity index (χ1n) is 8.97. The summed E-state index contributed by atoms with van der Waals surface area (Å²) in [4.78, 5) is 4.37. The number of para-hydroxylation sites is 1. The Morgan fingerprint density at radius 1 is 1.13 bits per heavy atom. The molecule has 0 amide bonds. The Morgan fingerprint density at radius 3 is 2.83 bits per heavy atom. The van der Waals surface area contributed by atoms with E-state index in [-0.39, 0.29) is 11.6 Å². The molecular formula is C20H17FN4O4S. The zero-order valence-corrected chi connectivity index (χ0v) is 16.9. The van der Waals surface area contributed by atoms with Gasteiger partial charge in [-0.1, -0.05) is 41.2 Å². The monoisotopic (exact) mass is 428 g/mol. The Morgan fingerprint density at radius 2 is 2.00 bits per heavy atom. The molecule has 0 aliphatic rings. The molecule has 10 heteroatoms. The third-order valence-electron chi connectivity index (χ3n) is 4.03. The highest BCUT2D eigenvalue weighted by atomic mass is 32.2. The Kier molecular flexibility index (Phi) is 5.94. The number of rotatable bonds is 8. The highest BCUT2D eigenvalue weighted by molar-refractivity contribution is 7.98. The molecule has 30 heavy (non-hydrogen) atoms. The summed E-state index contributed by atoms with van der Waals surface area (Å²) in [6.07, 6.45) is -0.605. The van der Waals surface area contributed by atoms with E-state index in [1.54, 1.807) is 26.2 Å². The van der Waals surface area contributed by atoms with Gasteiger partial charge in [-0.25, -0.2) is 4.39 Å². The van der Waals surface area contributed by atoms with Crippen molar-refractivity contribution in [1.82, 2.24) is 20.3 Å². The van der Waals surface area contributed by atoms with Gasteiger partial charge in [0.15, 0.2) is 17.7 Å². The summed E-state index contributed by atoms with van der Waals surface area (Å²) in [5, 5.41) is 12.2. The Labute approximate surface area is 175 Å². The molecule has 0 fully saturated rings. The molecule has 4 rings (SSSR count). The largest absolute Gasteiger partial charge is 0.497 e. The molecule has 0 radical (unpaired) electrons. The minimum atomic E-state index is -0.605. The summed E-state index contributed by atoms with van der Waals surface area (Å²) < 4.78 is 35.3. The molecule has 0 saturated heterocycles. The second-order valence-electron chi connectivity index (χ2n) is 6.13. The number of hydrogen-bond acceptors (Lipinski definition) is 9. The molecule has 2 heterocycles. The van der Waals surface area contributed by atoms with Gasteiger partial charge < -0.3 is 18.4 Å². The van der Waals surface area contributed by atoms with Crippen molar-refractivity contribution < 1.29 is 22.8 Å². The zero-order valence-electron chi connectivity index (χ0n) is 16.1. The first kappa shape index (κ1) is 19.9. The van der Waals surface area contributed by atoms with Gasteiger partial charge in [0.05, 0.1) is 12.9 Å². The van der Waals surface area contributed by atoms with Crippen molar-refractivity contribution in [3.05, 3.63) is 66.1 Å². The lowest BCUT2D eigenvalue weighted by Gasteiger charge is -2.11. The predicted octanol–water partition coefficient (Wildman–Crippen LogP) is 4.70. The predicted molar refractivity (Wildman–Crippen MR) is 106 cm³/mol. The molecule has 2 aromatic carbocycles. The molecule has 4 aromatic rings. The molecule has 0 bridgehead atoms. The van der Waals surface area contributed by atoms with Crippen LogP contribution in [0, 0.1) is 5.82 Å². The summed E-state index contributed by atoms with van der Waals surface area (Å²) in [5.74, 6) is 1.83. The van der Waals surface area contributed by atoms with Crippen molar-refractivity contribution in [2.24, 2.45) is 0 Å². The molecule has 0 N–H and O–H groups in total. The lowest BCUT2D eigenvalue weighted by Crippen LogP contribution is -2.04. The van der Waals surface area contributed by atoms with E-state index in [1.807, 2.05) is 24.3 Å². The van der Waals surface area contributed by atoms with Gasteiger partial charge in [0.1, 0.15) is 5.75 Å². The number of aromatic nitrogens is 4. The molecule has 0 aliphatic carbocycles. The minimum absolute atomic E-state index is 0.119. The smallest absolute Gasteiger partial charge is 0.277 e. The zero-order chi connectivity index (χ0) is 20.9. The van der Waals surface area contributed by atoms with E-state index in [4.69, 9.17) is 18.4 Å². The third kappa shape index (κ3) is 4.60. The molecule has 0 spiro atoms. The van der Waals surface area contributed by atoms with Crippen LogP contribution in [0.25, 0.3) is 11.4 Å². The summed E-state index contributed by atoms with van der Waals surface area (Å²) >= 11 is 1.25. The highest BCUT2D eigenvalue weighted by Gasteiger charge is 2.18. The van der Waals surface area contributed by atoms with Crippen molar-refractivity contribution in [2.45, 2.75) is 24.0 Å². The topological polar surface area (TPSA) is 96.3 Å². The summed E-state index contributed by atoms with van der Waals surface area (Å²) in [7, 11) is 1.60. The van der Waals surface area contributed by atoms with Gasteiger partial charge in [-0.15, -0.1) is 10.2 Å². The van der Waals surface area contributed by atoms with E-state index in [1.165, 1.54) is 23.9 Å². The van der Waals surface area contributed by atoms with Crippen LogP contribution in [0.2, 0.25) is 0 Å². The van der Waals surface area contributed by atoms with Crippen molar-refractivity contribution >= 4 is 11.8 Å². The average molecular weight is 428 g/mol. The van der Waals surface area contributed by atoms with E-state index < -0.39 is 11.9 Å². The minimum Gasteiger partial charge on any atom is -0.497 e. The number of methoxy groups -OCH3 is 1. The van der Waals surface area contributed by atoms with E-state index >= 15 is 0 Å². The van der Waals surface area contributed by atoms with Gasteiger partial charge >= 0.3 is 0 Å². The first-order valence-corrected chi connectivity index (χ1v) is 9.95. The molecule has 1 unspecified atom stereocenters. The van der Waals surface area contributed by atoms with E-state index in [0.29, 0.717) is 28.4 Å². The number of benzene rings is 2. The second kappa shape index (κ2) is 8.95. The Balaban J connectivity index is 1.37. The number of hydrogen-bond donors (Lipinski definition) is 0. The van der Waals surface area contributed by atoms with E-state index in [0.717, 1.165) is 5.56 Å². The van der Waals surface area contributed by atoms with Crippen LogP contribution in [-0.2, 0) is 5.75 Å². The standard InChI is InChI=1S/C20H17FN4O4S/c1-12(27-16-9-4-3-8-15(16)21)19-23-24-20(28-19)30-11-17-22-18(25-29-17)13-6-5-7-14(10-13)26-2/h3-10,12H,11H2,1-2H3. The van der Waals surface area contributed by atoms with Gasteiger partial charge in [-0.2, -0.15) is 4.98 Å². The maximum absolute atomic E-state index is 13.7. The highest BCUT2D eigenvalue weighted by Crippen LogP contribution is 2.27. The van der Waals surface area contributed by atoms with Crippen molar-refractivity contribution in [2.75, 3.05) is 7.11 Å². The maximum Gasteiger partial charge on any atom is 0.277 e. The SMILES string of the molecule is COc1cccc(-c2noc(CSc3nnc(C(C)Oc4ccccc4F)o3)n2)c1. The van der Waals surface area contributed by atoms with Crippen molar-refractivity contribution in [3.8, 4) is 22.9 Å². The summed E-state index contributed by atoms with van der Waals surface area (Å²) in [6.45, 7) is 1.70. The Hall–Kier alpha value is -3.40. The molecule has 0 saturated carbocycles. The van der Waals surface area contributed by atoms with Crippen LogP contribution < -0.4 is 9.47 Å². The molecular weight excluding hydrogens is 411 g/mol. The van der Waals surface area contributed by atoms with Crippen LogP contribution in [0.5, 0.6) is 11.5 Å². The van der Waals surface area contributed by atoms with Gasteiger partial charge in [0.2, 0.25) is 11.7 Å². The quantitative estimate of drug-likeness (QED) is 0.370. The van der Waals surface area contributed by atoms with Crippen LogP contribution >= 0.6 is 11.8 Å². The first-order chi connectivity index (χ1) is 14.6. The normalized spacial score (nSPS) is 12.0. The third-order valence-corrected chi connectivity index (χ3v) is 4.83. The van der Waals surface area contributed by atoms with Crippen molar-refractivity contribution in [3.63, 3.8) is 0 Å². The van der Waals surface area contributed by atoms with E-state index in [2.05, 4.69) is 20.3 Å². The number of thioether (sulfide) groups is 1. The lowest BCUT2D eigenvalue weighted by molar-refractivity contribution is 0.174. The molecule has 8 nitrogen and oxygen atoms in total.